The number of alkyl carbamates (subject to hydrolysis) is 1. The van der Waals surface area contributed by atoms with Crippen LogP contribution in [0.15, 0.2) is 0 Å². The van der Waals surface area contributed by atoms with Gasteiger partial charge in [0.15, 0.2) is 6.04 Å². The molecule has 0 radical (unpaired) electrons. The van der Waals surface area contributed by atoms with Crippen LogP contribution in [0.2, 0.25) is 0 Å². The number of aliphatic hydroxyl groups excluding tert-OH is 1. The first-order valence-corrected chi connectivity index (χ1v) is 6.45. The van der Waals surface area contributed by atoms with E-state index in [1.54, 1.807) is 27.7 Å². The minimum atomic E-state index is -1.14. The highest BCUT2D eigenvalue weighted by Crippen LogP contribution is 2.08. The molecule has 6 heteroatoms. The lowest BCUT2D eigenvalue weighted by molar-refractivity contribution is -0.153. The van der Waals surface area contributed by atoms with Crippen LogP contribution in [0.3, 0.4) is 0 Å². The fourth-order valence-corrected chi connectivity index (χ4v) is 1.17. The molecule has 0 saturated carbocycles. The molecule has 2 N–H and O–H groups in total. The maximum absolute atomic E-state index is 11.8. The lowest BCUT2D eigenvalue weighted by atomic mass is 10.2. The Morgan fingerprint density at radius 3 is 2.16 bits per heavy atom. The predicted octanol–water partition coefficient (Wildman–Crippen LogP) is 1.60. The Labute approximate surface area is 114 Å². The topological polar surface area (TPSA) is 84.9 Å². The van der Waals surface area contributed by atoms with Crippen molar-refractivity contribution in [3.8, 4) is 0 Å². The van der Waals surface area contributed by atoms with Gasteiger partial charge in [-0.2, -0.15) is 0 Å². The second-order valence-electron chi connectivity index (χ2n) is 5.52. The summed E-state index contributed by atoms with van der Waals surface area (Å²) in [6.07, 6.45) is -1.44. The van der Waals surface area contributed by atoms with Gasteiger partial charge in [0, 0.05) is 0 Å². The van der Waals surface area contributed by atoms with Crippen LogP contribution < -0.4 is 5.32 Å². The van der Waals surface area contributed by atoms with Crippen molar-refractivity contribution in [3.05, 3.63) is 0 Å². The third-order valence-electron chi connectivity index (χ3n) is 2.30. The van der Waals surface area contributed by atoms with Crippen LogP contribution >= 0.6 is 0 Å². The molecule has 0 saturated heterocycles. The van der Waals surface area contributed by atoms with Crippen molar-refractivity contribution in [3.63, 3.8) is 0 Å². The quantitative estimate of drug-likeness (QED) is 0.744. The number of carbonyl (C=O) groups is 2. The summed E-state index contributed by atoms with van der Waals surface area (Å²) in [6.45, 7) is 10.1. The Bertz CT molecular complexity index is 309. The van der Waals surface area contributed by atoms with E-state index < -0.39 is 29.8 Å². The Kier molecular flexibility index (Phi) is 6.83. The number of ether oxygens (including phenoxy) is 2. The minimum absolute atomic E-state index is 0.269. The molecular formula is C13H25NO5. The number of carbonyl (C=O) groups excluding carboxylic acids is 2. The number of hydrogen-bond acceptors (Lipinski definition) is 5. The van der Waals surface area contributed by atoms with Crippen LogP contribution in [-0.4, -0.2) is 41.0 Å². The average molecular weight is 275 g/mol. The van der Waals surface area contributed by atoms with Crippen molar-refractivity contribution in [2.24, 2.45) is 0 Å². The summed E-state index contributed by atoms with van der Waals surface area (Å²) in [7, 11) is 0. The van der Waals surface area contributed by atoms with Gasteiger partial charge in [0.1, 0.15) is 5.60 Å². The maximum Gasteiger partial charge on any atom is 0.408 e. The van der Waals surface area contributed by atoms with Crippen molar-refractivity contribution >= 4 is 12.1 Å². The van der Waals surface area contributed by atoms with E-state index in [1.165, 1.54) is 6.92 Å². The third kappa shape index (κ3) is 7.66. The van der Waals surface area contributed by atoms with E-state index in [4.69, 9.17) is 9.47 Å². The number of esters is 1. The fraction of sp³-hybridized carbons (Fsp3) is 0.846. The number of aliphatic hydroxyl groups is 1. The van der Waals surface area contributed by atoms with Gasteiger partial charge in [-0.3, -0.25) is 0 Å². The molecule has 0 aliphatic carbocycles. The van der Waals surface area contributed by atoms with Crippen molar-refractivity contribution in [2.45, 2.75) is 71.8 Å². The monoisotopic (exact) mass is 275 g/mol. The van der Waals surface area contributed by atoms with E-state index in [2.05, 4.69) is 5.32 Å². The standard InChI is InChI=1S/C13H25NO5/c1-7-8(2)18-11(16)10(9(3)15)14-12(17)19-13(4,5)6/h8-10,15H,7H2,1-6H3,(H,14,17)/t8-,9?,10?/m0/s1. The zero-order chi connectivity index (χ0) is 15.2. The molecule has 0 fully saturated rings. The first kappa shape index (κ1) is 17.7. The van der Waals surface area contributed by atoms with Crippen molar-refractivity contribution < 1.29 is 24.2 Å². The van der Waals surface area contributed by atoms with Gasteiger partial charge in [-0.1, -0.05) is 6.92 Å². The normalized spacial score (nSPS) is 16.2. The Hall–Kier alpha value is -1.30. The molecule has 0 aliphatic rings. The molecule has 0 aromatic carbocycles. The highest BCUT2D eigenvalue weighted by Gasteiger charge is 2.30. The van der Waals surface area contributed by atoms with E-state index >= 15 is 0 Å². The summed E-state index contributed by atoms with van der Waals surface area (Å²) in [6, 6.07) is -1.14. The van der Waals surface area contributed by atoms with Gasteiger partial charge in [-0.25, -0.2) is 9.59 Å². The fourth-order valence-electron chi connectivity index (χ4n) is 1.17. The zero-order valence-electron chi connectivity index (χ0n) is 12.5. The molecule has 19 heavy (non-hydrogen) atoms. The van der Waals surface area contributed by atoms with Crippen LogP contribution in [0.5, 0.6) is 0 Å². The molecule has 0 bridgehead atoms. The van der Waals surface area contributed by atoms with Gasteiger partial charge in [-0.15, -0.1) is 0 Å². The van der Waals surface area contributed by atoms with Crippen LogP contribution in [-0.2, 0) is 14.3 Å². The van der Waals surface area contributed by atoms with Gasteiger partial charge in [0.05, 0.1) is 12.2 Å². The average Bonchev–Trinajstić information content (AvgIpc) is 2.22. The predicted molar refractivity (Wildman–Crippen MR) is 70.7 cm³/mol. The Morgan fingerprint density at radius 1 is 1.26 bits per heavy atom. The summed E-state index contributed by atoms with van der Waals surface area (Å²) < 4.78 is 10.1. The van der Waals surface area contributed by atoms with E-state index in [-0.39, 0.29) is 6.10 Å². The van der Waals surface area contributed by atoms with Crippen molar-refractivity contribution in [1.29, 1.82) is 0 Å². The van der Waals surface area contributed by atoms with Gasteiger partial charge in [0.2, 0.25) is 0 Å². The molecule has 0 aromatic rings. The Morgan fingerprint density at radius 2 is 1.79 bits per heavy atom. The summed E-state index contributed by atoms with van der Waals surface area (Å²) in [5.74, 6) is -0.671. The molecular weight excluding hydrogens is 250 g/mol. The van der Waals surface area contributed by atoms with Gasteiger partial charge < -0.3 is 19.9 Å². The van der Waals surface area contributed by atoms with Gasteiger partial charge >= 0.3 is 12.1 Å². The SMILES string of the molecule is CC[C@H](C)OC(=O)C(NC(=O)OC(C)(C)C)C(C)O. The summed E-state index contributed by atoms with van der Waals surface area (Å²) in [4.78, 5) is 23.4. The smallest absolute Gasteiger partial charge is 0.408 e. The lowest BCUT2D eigenvalue weighted by Gasteiger charge is -2.25. The van der Waals surface area contributed by atoms with E-state index in [1.807, 2.05) is 6.92 Å². The highest BCUT2D eigenvalue weighted by molar-refractivity contribution is 5.82. The molecule has 0 aliphatic heterocycles. The van der Waals surface area contributed by atoms with Crippen LogP contribution in [0.4, 0.5) is 4.79 Å². The molecule has 1 amide bonds. The first-order valence-electron chi connectivity index (χ1n) is 6.45. The maximum atomic E-state index is 11.8. The van der Waals surface area contributed by atoms with E-state index in [0.717, 1.165) is 0 Å². The molecule has 112 valence electrons. The van der Waals surface area contributed by atoms with Crippen molar-refractivity contribution in [2.75, 3.05) is 0 Å². The lowest BCUT2D eigenvalue weighted by Crippen LogP contribution is -2.50. The number of nitrogens with one attached hydrogen (secondary N) is 1. The number of amides is 1. The minimum Gasteiger partial charge on any atom is -0.461 e. The first-order chi connectivity index (χ1) is 8.56. The molecule has 0 aromatic heterocycles. The van der Waals surface area contributed by atoms with Crippen molar-refractivity contribution in [1.82, 2.24) is 5.32 Å². The van der Waals surface area contributed by atoms with Crippen LogP contribution in [0.25, 0.3) is 0 Å². The molecule has 0 spiro atoms. The summed E-state index contributed by atoms with van der Waals surface area (Å²) >= 11 is 0. The molecule has 0 rings (SSSR count). The van der Waals surface area contributed by atoms with E-state index in [0.29, 0.717) is 6.42 Å². The van der Waals surface area contributed by atoms with Crippen LogP contribution in [0, 0.1) is 0 Å². The number of rotatable bonds is 5. The third-order valence-corrected chi connectivity index (χ3v) is 2.30. The van der Waals surface area contributed by atoms with Gasteiger partial charge in [0.25, 0.3) is 0 Å². The molecule has 6 nitrogen and oxygen atoms in total. The summed E-state index contributed by atoms with van der Waals surface area (Å²) in [5.41, 5.74) is -0.673. The molecule has 0 heterocycles. The van der Waals surface area contributed by atoms with Crippen LogP contribution in [0.1, 0.15) is 48.0 Å². The second-order valence-corrected chi connectivity index (χ2v) is 5.52. The highest BCUT2D eigenvalue weighted by atomic mass is 16.6. The Balaban J connectivity index is 4.58. The van der Waals surface area contributed by atoms with Gasteiger partial charge in [-0.05, 0) is 41.0 Å². The molecule has 2 unspecified atom stereocenters. The largest absolute Gasteiger partial charge is 0.461 e. The molecule has 3 atom stereocenters. The van der Waals surface area contributed by atoms with E-state index in [9.17, 15) is 14.7 Å². The summed E-state index contributed by atoms with van der Waals surface area (Å²) in [5, 5.41) is 11.9. The number of hydrogen-bond donors (Lipinski definition) is 2. The second kappa shape index (κ2) is 7.33. The zero-order valence-corrected chi connectivity index (χ0v) is 12.5.